The molecule has 0 spiro atoms. The molecule has 2 aliphatic rings. The molecule has 116 valence electrons. The van der Waals surface area contributed by atoms with E-state index in [-0.39, 0.29) is 35.7 Å². The lowest BCUT2D eigenvalue weighted by Gasteiger charge is -2.35. The molecule has 0 saturated carbocycles. The van der Waals surface area contributed by atoms with Crippen LogP contribution in [0.4, 0.5) is 0 Å². The van der Waals surface area contributed by atoms with Crippen LogP contribution in [0.5, 0.6) is 5.75 Å². The molecule has 1 fully saturated rings. The third-order valence-corrected chi connectivity index (χ3v) is 4.41. The van der Waals surface area contributed by atoms with Crippen LogP contribution in [0.25, 0.3) is 0 Å². The lowest BCUT2D eigenvalue weighted by atomic mass is 9.75. The second-order valence-electron chi connectivity index (χ2n) is 5.76. The highest BCUT2D eigenvalue weighted by Crippen LogP contribution is 2.43. The average Bonchev–Trinajstić information content (AvgIpc) is 2.90. The van der Waals surface area contributed by atoms with Crippen molar-refractivity contribution in [1.82, 2.24) is 10.9 Å². The van der Waals surface area contributed by atoms with Gasteiger partial charge in [0.15, 0.2) is 6.23 Å². The number of hydrogen-bond acceptors (Lipinski definition) is 6. The van der Waals surface area contributed by atoms with Crippen LogP contribution in [0.2, 0.25) is 0 Å². The topological polar surface area (TPSA) is 103 Å². The Kier molecular flexibility index (Phi) is 3.92. The van der Waals surface area contributed by atoms with Crippen LogP contribution in [-0.4, -0.2) is 17.4 Å². The standard InChI is InChI=1S/C16H20N4O2/c1-2-3-12-14-13(9-4-6-10(21)7-5-9)11(8-17)15(18)22-16(14)20-19-12/h4-7,12-14,16,19-21H,2-3,18H2,1H3. The van der Waals surface area contributed by atoms with Crippen LogP contribution in [0.1, 0.15) is 31.2 Å². The zero-order chi connectivity index (χ0) is 15.7. The van der Waals surface area contributed by atoms with E-state index in [2.05, 4.69) is 23.8 Å². The molecule has 22 heavy (non-hydrogen) atoms. The van der Waals surface area contributed by atoms with E-state index in [1.54, 1.807) is 12.1 Å². The predicted molar refractivity (Wildman–Crippen MR) is 81.0 cm³/mol. The summed E-state index contributed by atoms with van der Waals surface area (Å²) in [5, 5.41) is 19.0. The number of ether oxygens (including phenoxy) is 1. The number of rotatable bonds is 3. The largest absolute Gasteiger partial charge is 0.508 e. The number of hydrazine groups is 1. The Labute approximate surface area is 129 Å². The van der Waals surface area contributed by atoms with Crippen molar-refractivity contribution < 1.29 is 9.84 Å². The first-order valence-corrected chi connectivity index (χ1v) is 7.52. The highest BCUT2D eigenvalue weighted by atomic mass is 16.5. The molecule has 1 saturated heterocycles. The molecule has 0 aliphatic carbocycles. The summed E-state index contributed by atoms with van der Waals surface area (Å²) in [6.07, 6.45) is 1.75. The number of nitrogens with one attached hydrogen (secondary N) is 2. The van der Waals surface area contributed by atoms with Gasteiger partial charge in [0, 0.05) is 17.9 Å². The molecule has 1 aromatic rings. The number of fused-ring (bicyclic) bond motifs is 1. The van der Waals surface area contributed by atoms with E-state index in [0.717, 1.165) is 18.4 Å². The molecule has 4 unspecified atom stereocenters. The SMILES string of the molecule is CCCC1NNC2OC(N)=C(C#N)C(c3ccc(O)cc3)C12. The van der Waals surface area contributed by atoms with Crippen molar-refractivity contribution in [2.45, 2.75) is 38.0 Å². The van der Waals surface area contributed by atoms with Gasteiger partial charge >= 0.3 is 0 Å². The van der Waals surface area contributed by atoms with Crippen molar-refractivity contribution in [2.75, 3.05) is 0 Å². The Hall–Kier alpha value is -2.23. The monoisotopic (exact) mass is 300 g/mol. The predicted octanol–water partition coefficient (Wildman–Crippen LogP) is 1.42. The maximum atomic E-state index is 9.53. The van der Waals surface area contributed by atoms with Gasteiger partial charge in [-0.2, -0.15) is 5.26 Å². The highest BCUT2D eigenvalue weighted by Gasteiger charge is 2.48. The fraction of sp³-hybridized carbons (Fsp3) is 0.438. The number of nitrogens with zero attached hydrogens (tertiary/aromatic N) is 1. The van der Waals surface area contributed by atoms with Gasteiger partial charge in [-0.15, -0.1) is 0 Å². The molecule has 6 nitrogen and oxygen atoms in total. The second-order valence-corrected chi connectivity index (χ2v) is 5.76. The number of nitrogens with two attached hydrogens (primary N) is 1. The first-order chi connectivity index (χ1) is 10.7. The van der Waals surface area contributed by atoms with Gasteiger partial charge in [-0.1, -0.05) is 25.5 Å². The molecule has 5 N–H and O–H groups in total. The number of phenols is 1. The van der Waals surface area contributed by atoms with Crippen LogP contribution >= 0.6 is 0 Å². The summed E-state index contributed by atoms with van der Waals surface area (Å²) < 4.78 is 5.68. The summed E-state index contributed by atoms with van der Waals surface area (Å²) in [5.41, 5.74) is 13.8. The first kappa shape index (κ1) is 14.7. The average molecular weight is 300 g/mol. The zero-order valence-electron chi connectivity index (χ0n) is 12.4. The lowest BCUT2D eigenvalue weighted by molar-refractivity contribution is 0.0337. The molecule has 2 heterocycles. The summed E-state index contributed by atoms with van der Waals surface area (Å²) in [7, 11) is 0. The van der Waals surface area contributed by atoms with E-state index < -0.39 is 0 Å². The molecule has 0 aromatic heterocycles. The molecule has 0 amide bonds. The van der Waals surface area contributed by atoms with E-state index in [1.165, 1.54) is 0 Å². The number of phenolic OH excluding ortho intramolecular Hbond substituents is 1. The van der Waals surface area contributed by atoms with Crippen LogP contribution in [0.15, 0.2) is 35.7 Å². The Bertz CT molecular complexity index is 620. The van der Waals surface area contributed by atoms with E-state index in [1.807, 2.05) is 12.1 Å². The van der Waals surface area contributed by atoms with Gasteiger partial charge in [-0.3, -0.25) is 5.43 Å². The normalized spacial score (nSPS) is 30.5. The number of hydrogen-bond donors (Lipinski definition) is 4. The van der Waals surface area contributed by atoms with Crippen LogP contribution in [0, 0.1) is 17.2 Å². The minimum atomic E-state index is -0.257. The van der Waals surface area contributed by atoms with Crippen molar-refractivity contribution in [3.05, 3.63) is 41.3 Å². The summed E-state index contributed by atoms with van der Waals surface area (Å²) >= 11 is 0. The molecule has 0 bridgehead atoms. The van der Waals surface area contributed by atoms with Crippen molar-refractivity contribution in [1.29, 1.82) is 5.26 Å². The quantitative estimate of drug-likeness (QED) is 0.673. The third kappa shape index (κ3) is 2.39. The van der Waals surface area contributed by atoms with Crippen LogP contribution < -0.4 is 16.6 Å². The van der Waals surface area contributed by atoms with E-state index >= 15 is 0 Å². The van der Waals surface area contributed by atoms with Crippen LogP contribution in [-0.2, 0) is 4.74 Å². The van der Waals surface area contributed by atoms with Crippen molar-refractivity contribution in [2.24, 2.45) is 11.7 Å². The smallest absolute Gasteiger partial charge is 0.200 e. The van der Waals surface area contributed by atoms with E-state index in [0.29, 0.717) is 5.57 Å². The van der Waals surface area contributed by atoms with Gasteiger partial charge in [0.05, 0.1) is 5.57 Å². The minimum Gasteiger partial charge on any atom is -0.508 e. The van der Waals surface area contributed by atoms with Gasteiger partial charge in [0.25, 0.3) is 0 Å². The Morgan fingerprint density at radius 2 is 2.05 bits per heavy atom. The Morgan fingerprint density at radius 1 is 1.32 bits per heavy atom. The summed E-state index contributed by atoms with van der Waals surface area (Å²) in [5.74, 6) is 0.304. The molecule has 1 aromatic carbocycles. The minimum absolute atomic E-state index is 0.0754. The molecule has 3 rings (SSSR count). The van der Waals surface area contributed by atoms with Gasteiger partial charge in [0.1, 0.15) is 11.8 Å². The number of aromatic hydroxyl groups is 1. The van der Waals surface area contributed by atoms with Crippen molar-refractivity contribution >= 4 is 0 Å². The van der Waals surface area contributed by atoms with E-state index in [4.69, 9.17) is 10.5 Å². The molecule has 6 heteroatoms. The fourth-order valence-corrected chi connectivity index (χ4v) is 3.42. The lowest BCUT2D eigenvalue weighted by Crippen LogP contribution is -2.41. The number of benzene rings is 1. The maximum absolute atomic E-state index is 9.53. The first-order valence-electron chi connectivity index (χ1n) is 7.52. The number of nitriles is 1. The van der Waals surface area contributed by atoms with Crippen molar-refractivity contribution in [3.63, 3.8) is 0 Å². The highest BCUT2D eigenvalue weighted by molar-refractivity contribution is 5.42. The van der Waals surface area contributed by atoms with Gasteiger partial charge in [-0.25, -0.2) is 5.43 Å². The molecular weight excluding hydrogens is 280 g/mol. The Balaban J connectivity index is 2.05. The molecule has 2 aliphatic heterocycles. The van der Waals surface area contributed by atoms with Gasteiger partial charge in [0.2, 0.25) is 5.88 Å². The third-order valence-electron chi connectivity index (χ3n) is 4.41. The second kappa shape index (κ2) is 5.87. The van der Waals surface area contributed by atoms with Crippen LogP contribution in [0.3, 0.4) is 0 Å². The fourth-order valence-electron chi connectivity index (χ4n) is 3.42. The summed E-state index contributed by atoms with van der Waals surface area (Å²) in [6, 6.07) is 9.36. The Morgan fingerprint density at radius 3 is 2.68 bits per heavy atom. The maximum Gasteiger partial charge on any atom is 0.200 e. The zero-order valence-corrected chi connectivity index (χ0v) is 12.4. The molecule has 4 atom stereocenters. The molecular formula is C16H20N4O2. The summed E-state index contributed by atoms with van der Waals surface area (Å²) in [4.78, 5) is 0. The van der Waals surface area contributed by atoms with E-state index in [9.17, 15) is 10.4 Å². The molecule has 0 radical (unpaired) electrons. The summed E-state index contributed by atoms with van der Waals surface area (Å²) in [6.45, 7) is 2.13. The number of allylic oxidation sites excluding steroid dienone is 1. The van der Waals surface area contributed by atoms with Gasteiger partial charge < -0.3 is 15.6 Å². The van der Waals surface area contributed by atoms with Gasteiger partial charge in [-0.05, 0) is 24.1 Å². The van der Waals surface area contributed by atoms with Crippen molar-refractivity contribution in [3.8, 4) is 11.8 Å².